The van der Waals surface area contributed by atoms with Crippen molar-refractivity contribution in [3.8, 4) is 5.75 Å². The van der Waals surface area contributed by atoms with Crippen LogP contribution >= 0.6 is 0 Å². The molecular formula is C35H37F3N4O5. The maximum absolute atomic E-state index is 13.7. The number of aliphatic hydroxyl groups excluding tert-OH is 1. The topological polar surface area (TPSA) is 117 Å². The number of aliphatic hydroxyl groups is 1. The summed E-state index contributed by atoms with van der Waals surface area (Å²) in [5.41, 5.74) is 1.65. The first kappa shape index (κ1) is 33.7. The molecule has 1 saturated heterocycles. The molecule has 3 aromatic carbocycles. The molecule has 47 heavy (non-hydrogen) atoms. The molecule has 1 aromatic heterocycles. The number of hydrogen-bond donors (Lipinski definition) is 3. The number of likely N-dealkylation sites (tertiary alicyclic amines) is 1. The number of alkyl halides is 3. The Hall–Kier alpha value is -4.68. The fourth-order valence-electron chi connectivity index (χ4n) is 5.70. The molecule has 248 valence electrons. The maximum Gasteiger partial charge on any atom is 0.416 e. The first-order valence-electron chi connectivity index (χ1n) is 15.3. The maximum atomic E-state index is 13.7. The van der Waals surface area contributed by atoms with Crippen LogP contribution in [0.25, 0.3) is 0 Å². The summed E-state index contributed by atoms with van der Waals surface area (Å²) in [4.78, 5) is 33.5. The Balaban J connectivity index is 1.31. The summed E-state index contributed by atoms with van der Waals surface area (Å²) in [5.74, 6) is -0.0479. The molecule has 12 heteroatoms. The van der Waals surface area contributed by atoms with Gasteiger partial charge in [0.15, 0.2) is 0 Å². The van der Waals surface area contributed by atoms with Gasteiger partial charge < -0.3 is 29.8 Å². The molecule has 0 saturated carbocycles. The Kier molecular flexibility index (Phi) is 10.6. The minimum Gasteiger partial charge on any atom is -0.497 e. The fourth-order valence-corrected chi connectivity index (χ4v) is 5.70. The SMILES string of the molecule is COc1cc(C(=O)N[C@@H](Cc2ccccc2)[C@H](O)CNCc2cccc(C(F)(F)F)c2)cc(C(=O)N2CCC[C@@H]2c2nc(C)co2)c1. The van der Waals surface area contributed by atoms with Gasteiger partial charge in [0, 0.05) is 30.8 Å². The molecule has 3 atom stereocenters. The molecule has 4 aromatic rings. The van der Waals surface area contributed by atoms with Crippen molar-refractivity contribution in [3.63, 3.8) is 0 Å². The van der Waals surface area contributed by atoms with Crippen molar-refractivity contribution in [2.75, 3.05) is 20.2 Å². The Morgan fingerprint density at radius 2 is 1.81 bits per heavy atom. The van der Waals surface area contributed by atoms with Gasteiger partial charge in [-0.1, -0.05) is 48.5 Å². The van der Waals surface area contributed by atoms with E-state index >= 15 is 0 Å². The van der Waals surface area contributed by atoms with Crippen LogP contribution in [0.15, 0.2) is 83.5 Å². The van der Waals surface area contributed by atoms with Crippen LogP contribution in [0.3, 0.4) is 0 Å². The van der Waals surface area contributed by atoms with Gasteiger partial charge in [-0.15, -0.1) is 0 Å². The first-order valence-corrected chi connectivity index (χ1v) is 15.3. The van der Waals surface area contributed by atoms with Crippen molar-refractivity contribution in [2.45, 2.75) is 57.1 Å². The van der Waals surface area contributed by atoms with Gasteiger partial charge >= 0.3 is 6.18 Å². The molecule has 2 amide bonds. The summed E-state index contributed by atoms with van der Waals surface area (Å²) in [5, 5.41) is 17.1. The highest BCUT2D eigenvalue weighted by Gasteiger charge is 2.34. The number of oxazole rings is 1. The van der Waals surface area contributed by atoms with E-state index in [2.05, 4.69) is 15.6 Å². The van der Waals surface area contributed by atoms with Crippen LogP contribution in [0.5, 0.6) is 5.75 Å². The van der Waals surface area contributed by atoms with E-state index in [4.69, 9.17) is 9.15 Å². The molecule has 9 nitrogen and oxygen atoms in total. The van der Waals surface area contributed by atoms with Crippen LogP contribution in [0.4, 0.5) is 13.2 Å². The summed E-state index contributed by atoms with van der Waals surface area (Å²) in [6.07, 6.45) is -2.27. The van der Waals surface area contributed by atoms with E-state index in [1.165, 1.54) is 25.3 Å². The number of hydrogen-bond acceptors (Lipinski definition) is 7. The van der Waals surface area contributed by atoms with E-state index in [0.717, 1.165) is 29.8 Å². The largest absolute Gasteiger partial charge is 0.497 e. The second-order valence-electron chi connectivity index (χ2n) is 11.6. The zero-order valence-corrected chi connectivity index (χ0v) is 26.1. The number of benzene rings is 3. The Bertz CT molecular complexity index is 1680. The zero-order valence-electron chi connectivity index (χ0n) is 26.1. The van der Waals surface area contributed by atoms with Crippen LogP contribution in [-0.2, 0) is 19.1 Å². The van der Waals surface area contributed by atoms with Gasteiger partial charge in [-0.3, -0.25) is 9.59 Å². The molecule has 0 aliphatic carbocycles. The lowest BCUT2D eigenvalue weighted by Gasteiger charge is -2.25. The number of aryl methyl sites for hydroxylation is 1. The van der Waals surface area contributed by atoms with E-state index in [9.17, 15) is 27.9 Å². The molecule has 1 aliphatic heterocycles. The average molecular weight is 651 g/mol. The third-order valence-corrected chi connectivity index (χ3v) is 8.10. The Labute approximate surface area is 270 Å². The van der Waals surface area contributed by atoms with E-state index in [-0.39, 0.29) is 42.6 Å². The highest BCUT2D eigenvalue weighted by atomic mass is 19.4. The molecule has 0 radical (unpaired) electrons. The quantitative estimate of drug-likeness (QED) is 0.186. The Morgan fingerprint density at radius 1 is 1.06 bits per heavy atom. The second kappa shape index (κ2) is 14.8. The third kappa shape index (κ3) is 8.57. The summed E-state index contributed by atoms with van der Waals surface area (Å²) in [6, 6.07) is 17.7. The van der Waals surface area contributed by atoms with Crippen molar-refractivity contribution in [1.29, 1.82) is 0 Å². The highest BCUT2D eigenvalue weighted by molar-refractivity contribution is 6.00. The van der Waals surface area contributed by atoms with Crippen LogP contribution in [0.1, 0.15) is 67.9 Å². The normalized spacial score (nSPS) is 16.1. The van der Waals surface area contributed by atoms with Crippen LogP contribution in [-0.4, -0.2) is 59.1 Å². The van der Waals surface area contributed by atoms with E-state index in [1.54, 1.807) is 23.3 Å². The predicted molar refractivity (Wildman–Crippen MR) is 168 cm³/mol. The predicted octanol–water partition coefficient (Wildman–Crippen LogP) is 5.48. The van der Waals surface area contributed by atoms with Crippen LogP contribution in [0.2, 0.25) is 0 Å². The zero-order chi connectivity index (χ0) is 33.6. The summed E-state index contributed by atoms with van der Waals surface area (Å²) < 4.78 is 50.4. The molecule has 0 unspecified atom stereocenters. The summed E-state index contributed by atoms with van der Waals surface area (Å²) in [6.45, 7) is 2.39. The molecule has 2 heterocycles. The second-order valence-corrected chi connectivity index (χ2v) is 11.6. The number of amides is 2. The number of methoxy groups -OCH3 is 1. The molecule has 1 aliphatic rings. The van der Waals surface area contributed by atoms with Crippen molar-refractivity contribution >= 4 is 11.8 Å². The van der Waals surface area contributed by atoms with Gasteiger partial charge in [-0.2, -0.15) is 13.2 Å². The molecule has 0 spiro atoms. The summed E-state index contributed by atoms with van der Waals surface area (Å²) in [7, 11) is 1.44. The fraction of sp³-hybridized carbons (Fsp3) is 0.343. The van der Waals surface area contributed by atoms with Crippen molar-refractivity contribution in [3.05, 3.63) is 118 Å². The number of ether oxygens (including phenoxy) is 1. The first-order chi connectivity index (χ1) is 22.5. The number of rotatable bonds is 12. The van der Waals surface area contributed by atoms with Gasteiger partial charge in [-0.05, 0) is 61.6 Å². The molecule has 0 bridgehead atoms. The average Bonchev–Trinajstić information content (AvgIpc) is 3.73. The van der Waals surface area contributed by atoms with Gasteiger partial charge in [-0.25, -0.2) is 4.98 Å². The van der Waals surface area contributed by atoms with E-state index < -0.39 is 29.8 Å². The highest BCUT2D eigenvalue weighted by Crippen LogP contribution is 2.33. The van der Waals surface area contributed by atoms with Gasteiger partial charge in [0.1, 0.15) is 18.1 Å². The van der Waals surface area contributed by atoms with Gasteiger partial charge in [0.05, 0.1) is 30.5 Å². The lowest BCUT2D eigenvalue weighted by Crippen LogP contribution is -2.48. The number of halogens is 3. The molecule has 3 N–H and O–H groups in total. The standard InChI is InChI=1S/C35H37F3N4O5/c1-22-21-47-33(40-22)30-12-7-13-42(30)34(45)26-16-25(17-28(18-26)46-2)32(44)41-29(15-23-8-4-3-5-9-23)31(43)20-39-19-24-10-6-11-27(14-24)35(36,37)38/h3-6,8-11,14,16-18,21,29-31,39,43H,7,12-13,15,19-20H2,1-2H3,(H,41,44)/t29-,30+,31+/m0/s1. The number of aromatic nitrogens is 1. The van der Waals surface area contributed by atoms with E-state index in [0.29, 0.717) is 30.2 Å². The summed E-state index contributed by atoms with van der Waals surface area (Å²) >= 11 is 0. The van der Waals surface area contributed by atoms with Crippen LogP contribution < -0.4 is 15.4 Å². The van der Waals surface area contributed by atoms with Crippen molar-refractivity contribution in [1.82, 2.24) is 20.5 Å². The van der Waals surface area contributed by atoms with E-state index in [1.807, 2.05) is 37.3 Å². The molecule has 5 rings (SSSR count). The van der Waals surface area contributed by atoms with Crippen LogP contribution in [0, 0.1) is 6.92 Å². The van der Waals surface area contributed by atoms with Crippen molar-refractivity contribution in [2.24, 2.45) is 0 Å². The number of nitrogens with one attached hydrogen (secondary N) is 2. The van der Waals surface area contributed by atoms with Gasteiger partial charge in [0.25, 0.3) is 11.8 Å². The number of nitrogens with zero attached hydrogens (tertiary/aromatic N) is 2. The molecule has 1 fully saturated rings. The van der Waals surface area contributed by atoms with Gasteiger partial charge in [0.2, 0.25) is 5.89 Å². The molecular weight excluding hydrogens is 613 g/mol. The minimum atomic E-state index is -4.46. The monoisotopic (exact) mass is 650 g/mol. The number of carbonyl (C=O) groups excluding carboxylic acids is 2. The lowest BCUT2D eigenvalue weighted by molar-refractivity contribution is -0.137. The Morgan fingerprint density at radius 3 is 2.51 bits per heavy atom. The van der Waals surface area contributed by atoms with Crippen molar-refractivity contribution < 1.29 is 37.0 Å². The lowest BCUT2D eigenvalue weighted by atomic mass is 10.00. The number of carbonyl (C=O) groups is 2. The minimum absolute atomic E-state index is 0.00743. The smallest absolute Gasteiger partial charge is 0.416 e. The third-order valence-electron chi connectivity index (χ3n) is 8.10.